The largest absolute Gasteiger partial charge is 0.354 e. The van der Waals surface area contributed by atoms with Gasteiger partial charge in [-0.3, -0.25) is 0 Å². The first-order valence-corrected chi connectivity index (χ1v) is 33.3. The van der Waals surface area contributed by atoms with Crippen LogP contribution in [0.25, 0.3) is 134 Å². The average molecular weight is 1840 g/mol. The zero-order valence-corrected chi connectivity index (χ0v) is 64.4. The summed E-state index contributed by atoms with van der Waals surface area (Å²) >= 11 is 0. The topological polar surface area (TPSA) is 107 Å². The number of rotatable bonds is 11. The van der Waals surface area contributed by atoms with Crippen LogP contribution in [0.3, 0.4) is 0 Å². The van der Waals surface area contributed by atoms with Gasteiger partial charge in [0.05, 0.1) is 17.5 Å². The Balaban J connectivity index is 0.000000146. The summed E-state index contributed by atoms with van der Waals surface area (Å²) < 4.78 is 13.3. The van der Waals surface area contributed by atoms with E-state index in [0.29, 0.717) is 17.9 Å². The van der Waals surface area contributed by atoms with E-state index < -0.39 is 0 Å². The van der Waals surface area contributed by atoms with Gasteiger partial charge >= 0.3 is 0 Å². The van der Waals surface area contributed by atoms with E-state index in [1.165, 1.54) is 87.8 Å². The van der Waals surface area contributed by atoms with Crippen LogP contribution in [0, 0.1) is 39.0 Å². The number of benzene rings is 11. The maximum Gasteiger partial charge on any atom is 0.159 e. The third-order valence-corrected chi connectivity index (χ3v) is 18.7. The molecule has 0 aliphatic rings. The molecule has 17 rings (SSSR count). The SMILES string of the molecule is Cc1ccccc1-c1nnc(-c2[c-]cc(-n3c4ccccc4c4ccccc43)cc2)n1-c1c(C(C)C)cccc1C(C)C.Cc1nnc(-c2[c-]cc(-n3c4ccccc4c4ccccc43)cc2)n1C.Cc1nnc(-c2[c-]cc(-n3c4ccccc4c4ccccc43)cc2)n1C(C)C.[Ir].[Ir].[Ir]. The Morgan fingerprint density at radius 2 is 0.640 bits per heavy atom. The van der Waals surface area contributed by atoms with Crippen molar-refractivity contribution in [2.45, 2.75) is 80.2 Å². The fourth-order valence-electron chi connectivity index (χ4n) is 13.9. The summed E-state index contributed by atoms with van der Waals surface area (Å²) in [7, 11) is 1.97. The standard InChI is InChI=1S/C39H35N4.C24H21N4.C22H17N4.3Ir/c1-25(2)30-17-12-18-31(26(3)4)37(30)43-38(40-41-39(43)32-14-7-6-13-27(32)5)28-21-23-29(24-22-28)42-35-19-10-8-15-33(35)34-16-9-11-20-36(34)42;1-16(2)27-17(3)25-26-24(27)18-12-14-19(15-13-18)28-22-10-6-4-8-20(22)21-9-5-7-11-23(21)28;1-15-23-24-22(25(15)2)16-11-13-17(14-12-16)26-20-9-5-3-7-18(20)19-8-4-6-10-21(19)26;;;/h6-21,23-26H,1-5H3;4-12,14-16H,1-3H3;3-11,13-14H,1-2H3;;;/q3*-1;;;. The molecule has 0 saturated heterocycles. The number of hydrogen-bond acceptors (Lipinski definition) is 6. The predicted molar refractivity (Wildman–Crippen MR) is 396 cm³/mol. The van der Waals surface area contributed by atoms with Gasteiger partial charge in [-0.15, -0.1) is 105 Å². The van der Waals surface area contributed by atoms with Crippen molar-refractivity contribution >= 4 is 65.4 Å². The van der Waals surface area contributed by atoms with Gasteiger partial charge in [0.1, 0.15) is 11.6 Å². The number of fused-ring (bicyclic) bond motifs is 9. The van der Waals surface area contributed by atoms with Crippen LogP contribution < -0.4 is 0 Å². The van der Waals surface area contributed by atoms with Gasteiger partial charge < -0.3 is 27.4 Å². The molecule has 12 nitrogen and oxygen atoms in total. The molecule has 0 spiro atoms. The fourth-order valence-corrected chi connectivity index (χ4v) is 13.9. The van der Waals surface area contributed by atoms with E-state index in [4.69, 9.17) is 10.2 Å². The Kier molecular flexibility index (Phi) is 20.7. The summed E-state index contributed by atoms with van der Waals surface area (Å²) in [5, 5.41) is 34.2. The van der Waals surface area contributed by atoms with Gasteiger partial charge in [-0.2, -0.15) is 15.3 Å². The average Bonchev–Trinajstić information content (AvgIpc) is 0.938. The predicted octanol–water partition coefficient (Wildman–Crippen LogP) is 20.5. The summed E-state index contributed by atoms with van der Waals surface area (Å²) in [5.74, 6) is 5.80. The molecule has 6 heterocycles. The molecule has 0 amide bonds. The van der Waals surface area contributed by atoms with Gasteiger partial charge in [-0.05, 0) is 117 Å². The van der Waals surface area contributed by atoms with Gasteiger partial charge in [0.2, 0.25) is 0 Å². The molecule has 0 saturated carbocycles. The fraction of sp³-hybridized carbons (Fsp3) is 0.153. The normalized spacial score (nSPS) is 11.3. The molecule has 0 fully saturated rings. The summed E-state index contributed by atoms with van der Waals surface area (Å²) in [4.78, 5) is 0. The van der Waals surface area contributed by atoms with Crippen molar-refractivity contribution in [3.8, 4) is 68.3 Å². The van der Waals surface area contributed by atoms with Crippen LogP contribution in [-0.4, -0.2) is 58.0 Å². The molecule has 0 atom stereocenters. The first-order chi connectivity index (χ1) is 47.3. The molecule has 15 heteroatoms. The second-order valence-corrected chi connectivity index (χ2v) is 25.7. The van der Waals surface area contributed by atoms with Crippen LogP contribution in [0.15, 0.2) is 243 Å². The van der Waals surface area contributed by atoms with Gasteiger partial charge in [-0.1, -0.05) is 179 Å². The minimum atomic E-state index is 0. The number of aromatic nitrogens is 12. The quantitative estimate of drug-likeness (QED) is 0.119. The molecule has 3 radical (unpaired) electrons. The Labute approximate surface area is 623 Å². The third kappa shape index (κ3) is 12.7. The Hall–Kier alpha value is -9.81. The first-order valence-electron chi connectivity index (χ1n) is 33.3. The van der Waals surface area contributed by atoms with E-state index in [2.05, 4.69) is 340 Å². The zero-order valence-electron chi connectivity index (χ0n) is 57.2. The van der Waals surface area contributed by atoms with Gasteiger partial charge in [0.15, 0.2) is 5.82 Å². The maximum absolute atomic E-state index is 4.85. The van der Waals surface area contributed by atoms with Crippen molar-refractivity contribution in [1.29, 1.82) is 0 Å². The molecule has 6 aromatic heterocycles. The smallest absolute Gasteiger partial charge is 0.159 e. The van der Waals surface area contributed by atoms with E-state index in [0.717, 1.165) is 74.3 Å². The second-order valence-electron chi connectivity index (χ2n) is 25.7. The van der Waals surface area contributed by atoms with Crippen LogP contribution in [0.4, 0.5) is 0 Å². The third-order valence-electron chi connectivity index (χ3n) is 18.7. The summed E-state index contributed by atoms with van der Waals surface area (Å²) in [5.41, 5.74) is 19.2. The van der Waals surface area contributed by atoms with Gasteiger partial charge in [-0.25, -0.2) is 0 Å². The van der Waals surface area contributed by atoms with Crippen molar-refractivity contribution in [2.75, 3.05) is 0 Å². The zero-order chi connectivity index (χ0) is 66.6. The van der Waals surface area contributed by atoms with Crippen LogP contribution in [0.5, 0.6) is 0 Å². The Morgan fingerprint density at radius 1 is 0.310 bits per heavy atom. The van der Waals surface area contributed by atoms with Crippen LogP contribution >= 0.6 is 0 Å². The van der Waals surface area contributed by atoms with E-state index in [9.17, 15) is 0 Å². The molecule has 503 valence electrons. The first kappa shape index (κ1) is 70.1. The Bertz CT molecular complexity index is 5560. The molecular formula is C85H73Ir3N12-3. The molecule has 17 aromatic rings. The summed E-state index contributed by atoms with van der Waals surface area (Å²) in [6, 6.07) is 95.9. The minimum absolute atomic E-state index is 0. The van der Waals surface area contributed by atoms with Crippen LogP contribution in [0.2, 0.25) is 0 Å². The molecule has 0 unspecified atom stereocenters. The molecular weight excluding hydrogens is 1770 g/mol. The van der Waals surface area contributed by atoms with Crippen LogP contribution in [-0.2, 0) is 67.4 Å². The molecule has 0 bridgehead atoms. The van der Waals surface area contributed by atoms with Crippen molar-refractivity contribution < 1.29 is 60.3 Å². The number of hydrogen-bond donors (Lipinski definition) is 0. The maximum atomic E-state index is 4.85. The molecule has 0 N–H and O–H groups in total. The second kappa shape index (κ2) is 29.6. The Morgan fingerprint density at radius 3 is 0.990 bits per heavy atom. The van der Waals surface area contributed by atoms with Crippen molar-refractivity contribution in [3.63, 3.8) is 0 Å². The van der Waals surface area contributed by atoms with Crippen molar-refractivity contribution in [2.24, 2.45) is 7.05 Å². The van der Waals surface area contributed by atoms with E-state index >= 15 is 0 Å². The minimum Gasteiger partial charge on any atom is -0.354 e. The number of para-hydroxylation sites is 7. The summed E-state index contributed by atoms with van der Waals surface area (Å²) in [6.45, 7) is 19.4. The van der Waals surface area contributed by atoms with Crippen LogP contribution in [0.1, 0.15) is 87.8 Å². The molecule has 11 aromatic carbocycles. The van der Waals surface area contributed by atoms with Crippen molar-refractivity contribution in [3.05, 3.63) is 289 Å². The van der Waals surface area contributed by atoms with Gasteiger partial charge in [0.25, 0.3) is 0 Å². The number of nitrogens with zero attached hydrogens (tertiary/aromatic N) is 12. The van der Waals surface area contributed by atoms with E-state index in [1.807, 2.05) is 37.6 Å². The molecule has 0 aliphatic carbocycles. The molecule has 0 aliphatic heterocycles. The monoisotopic (exact) mass is 1840 g/mol. The molecule has 100 heavy (non-hydrogen) atoms. The van der Waals surface area contributed by atoms with Gasteiger partial charge in [0, 0.05) is 150 Å². The van der Waals surface area contributed by atoms with E-state index in [-0.39, 0.29) is 60.3 Å². The van der Waals surface area contributed by atoms with E-state index in [1.54, 1.807) is 0 Å². The summed E-state index contributed by atoms with van der Waals surface area (Å²) in [6.07, 6.45) is 0. The van der Waals surface area contributed by atoms with Crippen molar-refractivity contribution in [1.82, 2.24) is 58.0 Å². The number of aryl methyl sites for hydroxylation is 3.